The van der Waals surface area contributed by atoms with E-state index < -0.39 is 23.3 Å². The molecule has 0 unspecified atom stereocenters. The van der Waals surface area contributed by atoms with Crippen molar-refractivity contribution in [3.8, 4) is 5.69 Å². The maximum absolute atomic E-state index is 13.4. The molecule has 1 amide bonds. The van der Waals surface area contributed by atoms with Crippen LogP contribution in [0.2, 0.25) is 0 Å². The van der Waals surface area contributed by atoms with E-state index >= 15 is 0 Å². The molecular weight excluding hydrogens is 307 g/mol. The normalized spacial score (nSPS) is 11.5. The molecule has 1 heterocycles. The Morgan fingerprint density at radius 2 is 1.91 bits per heavy atom. The molecule has 0 aliphatic heterocycles. The number of hydrogen-bond donors (Lipinski definition) is 1. The predicted molar refractivity (Wildman–Crippen MR) is 80.5 cm³/mol. The molecule has 0 aliphatic rings. The van der Waals surface area contributed by atoms with Gasteiger partial charge in [-0.15, -0.1) is 0 Å². The Balaban J connectivity index is 2.41. The lowest BCUT2D eigenvalue weighted by Gasteiger charge is -2.13. The van der Waals surface area contributed by atoms with Gasteiger partial charge in [0.25, 0.3) is 5.91 Å². The first-order chi connectivity index (χ1) is 10.8. The molecule has 1 N–H and O–H groups in total. The van der Waals surface area contributed by atoms with Gasteiger partial charge in [-0.05, 0) is 25.5 Å². The zero-order valence-corrected chi connectivity index (χ0v) is 12.9. The number of nitrogens with zero attached hydrogens (tertiary/aromatic N) is 2. The zero-order chi connectivity index (χ0) is 17.0. The maximum Gasteiger partial charge on any atom is 0.434 e. The van der Waals surface area contributed by atoms with Crippen LogP contribution < -0.4 is 5.32 Å². The highest BCUT2D eigenvalue weighted by molar-refractivity contribution is 5.95. The SMILES string of the molecule is CCCCNC(=O)c1cnn(-c2ccc(C)cc2)c1C(F)(F)F. The van der Waals surface area contributed by atoms with Crippen molar-refractivity contribution in [1.82, 2.24) is 15.1 Å². The Kier molecular flexibility index (Phi) is 5.08. The smallest absolute Gasteiger partial charge is 0.352 e. The number of halogens is 3. The first kappa shape index (κ1) is 17.1. The van der Waals surface area contributed by atoms with Gasteiger partial charge in [0.15, 0.2) is 5.69 Å². The van der Waals surface area contributed by atoms with Crippen LogP contribution in [0.15, 0.2) is 30.5 Å². The number of nitrogens with one attached hydrogen (secondary N) is 1. The van der Waals surface area contributed by atoms with E-state index in [1.165, 1.54) is 12.1 Å². The molecule has 0 bridgehead atoms. The van der Waals surface area contributed by atoms with Crippen LogP contribution in [0.1, 0.15) is 41.4 Å². The molecule has 0 spiro atoms. The summed E-state index contributed by atoms with van der Waals surface area (Å²) in [5.74, 6) is -0.760. The second-order valence-corrected chi connectivity index (χ2v) is 5.26. The summed E-state index contributed by atoms with van der Waals surface area (Å²) in [6, 6.07) is 6.46. The molecule has 1 aromatic carbocycles. The van der Waals surface area contributed by atoms with Crippen LogP contribution in [0.5, 0.6) is 0 Å². The van der Waals surface area contributed by atoms with Crippen molar-refractivity contribution in [2.45, 2.75) is 32.9 Å². The summed E-state index contributed by atoms with van der Waals surface area (Å²) < 4.78 is 41.0. The molecule has 4 nitrogen and oxygen atoms in total. The molecule has 0 radical (unpaired) electrons. The first-order valence-corrected chi connectivity index (χ1v) is 7.35. The van der Waals surface area contributed by atoms with Crippen LogP contribution in [0.3, 0.4) is 0 Å². The summed E-state index contributed by atoms with van der Waals surface area (Å²) in [6.07, 6.45) is -2.17. The average Bonchev–Trinajstić information content (AvgIpc) is 2.93. The van der Waals surface area contributed by atoms with Gasteiger partial charge >= 0.3 is 6.18 Å². The zero-order valence-electron chi connectivity index (χ0n) is 12.9. The van der Waals surface area contributed by atoms with Crippen molar-refractivity contribution in [2.24, 2.45) is 0 Å². The first-order valence-electron chi connectivity index (χ1n) is 7.35. The third-order valence-electron chi connectivity index (χ3n) is 3.38. The van der Waals surface area contributed by atoms with E-state index in [0.717, 1.165) is 22.9 Å². The molecular formula is C16H18F3N3O. The number of hydrogen-bond acceptors (Lipinski definition) is 2. The van der Waals surface area contributed by atoms with Gasteiger partial charge in [0.2, 0.25) is 0 Å². The molecule has 2 rings (SSSR count). The van der Waals surface area contributed by atoms with Gasteiger partial charge in [-0.25, -0.2) is 4.68 Å². The summed E-state index contributed by atoms with van der Waals surface area (Å²) in [6.45, 7) is 4.11. The second-order valence-electron chi connectivity index (χ2n) is 5.26. The fourth-order valence-corrected chi connectivity index (χ4v) is 2.14. The maximum atomic E-state index is 13.4. The standard InChI is InChI=1S/C16H18F3N3O/c1-3-4-9-20-15(23)13-10-21-22(14(13)16(17,18)19)12-7-5-11(2)6-8-12/h5-8,10H,3-4,9H2,1-2H3,(H,20,23). The van der Waals surface area contributed by atoms with Crippen molar-refractivity contribution in [3.05, 3.63) is 47.3 Å². The van der Waals surface area contributed by atoms with Gasteiger partial charge in [0.05, 0.1) is 17.4 Å². The highest BCUT2D eigenvalue weighted by atomic mass is 19.4. The van der Waals surface area contributed by atoms with Crippen molar-refractivity contribution in [3.63, 3.8) is 0 Å². The number of carbonyl (C=O) groups excluding carboxylic acids is 1. The number of alkyl halides is 3. The monoisotopic (exact) mass is 325 g/mol. The van der Waals surface area contributed by atoms with Crippen LogP contribution in [-0.4, -0.2) is 22.2 Å². The van der Waals surface area contributed by atoms with E-state index in [-0.39, 0.29) is 5.69 Å². The molecule has 1 aromatic heterocycles. The number of unbranched alkanes of at least 4 members (excludes halogenated alkanes) is 1. The molecule has 7 heteroatoms. The lowest BCUT2D eigenvalue weighted by Crippen LogP contribution is -2.27. The van der Waals surface area contributed by atoms with Crippen LogP contribution in [-0.2, 0) is 6.18 Å². The minimum atomic E-state index is -4.68. The van der Waals surface area contributed by atoms with E-state index in [0.29, 0.717) is 13.0 Å². The molecule has 0 atom stereocenters. The van der Waals surface area contributed by atoms with Crippen LogP contribution >= 0.6 is 0 Å². The summed E-state index contributed by atoms with van der Waals surface area (Å²) in [7, 11) is 0. The molecule has 124 valence electrons. The Labute approximate surface area is 132 Å². The Hall–Kier alpha value is -2.31. The number of carbonyl (C=O) groups is 1. The number of rotatable bonds is 5. The highest BCUT2D eigenvalue weighted by Gasteiger charge is 2.40. The van der Waals surface area contributed by atoms with E-state index in [1.807, 2.05) is 13.8 Å². The van der Waals surface area contributed by atoms with E-state index in [2.05, 4.69) is 10.4 Å². The van der Waals surface area contributed by atoms with Gasteiger partial charge in [-0.3, -0.25) is 4.79 Å². The average molecular weight is 325 g/mol. The Morgan fingerprint density at radius 1 is 1.26 bits per heavy atom. The second kappa shape index (κ2) is 6.85. The molecule has 0 saturated carbocycles. The Morgan fingerprint density at radius 3 is 2.48 bits per heavy atom. The predicted octanol–water partition coefficient (Wildman–Crippen LogP) is 3.73. The van der Waals surface area contributed by atoms with Gasteiger partial charge in [-0.1, -0.05) is 31.0 Å². The Bertz CT molecular complexity index is 675. The van der Waals surface area contributed by atoms with E-state index in [4.69, 9.17) is 0 Å². The van der Waals surface area contributed by atoms with Crippen LogP contribution in [0, 0.1) is 6.92 Å². The topological polar surface area (TPSA) is 46.9 Å². The minimum absolute atomic E-state index is 0.260. The van der Waals surface area contributed by atoms with Crippen LogP contribution in [0.25, 0.3) is 5.69 Å². The van der Waals surface area contributed by atoms with Gasteiger partial charge in [0, 0.05) is 6.54 Å². The van der Waals surface area contributed by atoms with Crippen molar-refractivity contribution >= 4 is 5.91 Å². The quantitative estimate of drug-likeness (QED) is 0.852. The number of benzene rings is 1. The largest absolute Gasteiger partial charge is 0.434 e. The van der Waals surface area contributed by atoms with Gasteiger partial charge in [-0.2, -0.15) is 18.3 Å². The third kappa shape index (κ3) is 3.91. The van der Waals surface area contributed by atoms with E-state index in [1.54, 1.807) is 12.1 Å². The van der Waals surface area contributed by atoms with Gasteiger partial charge < -0.3 is 5.32 Å². The molecule has 0 saturated heterocycles. The number of aryl methyl sites for hydroxylation is 1. The third-order valence-corrected chi connectivity index (χ3v) is 3.38. The van der Waals surface area contributed by atoms with Crippen molar-refractivity contribution < 1.29 is 18.0 Å². The lowest BCUT2D eigenvalue weighted by molar-refractivity contribution is -0.143. The summed E-state index contributed by atoms with van der Waals surface area (Å²) in [5, 5.41) is 6.26. The molecule has 0 aliphatic carbocycles. The number of amides is 1. The summed E-state index contributed by atoms with van der Waals surface area (Å²) >= 11 is 0. The molecule has 2 aromatic rings. The van der Waals surface area contributed by atoms with Crippen molar-refractivity contribution in [1.29, 1.82) is 0 Å². The summed E-state index contributed by atoms with van der Waals surface area (Å²) in [5.41, 5.74) is -0.341. The fraction of sp³-hybridized carbons (Fsp3) is 0.375. The molecule has 23 heavy (non-hydrogen) atoms. The number of aromatic nitrogens is 2. The fourth-order valence-electron chi connectivity index (χ4n) is 2.14. The highest BCUT2D eigenvalue weighted by Crippen LogP contribution is 2.33. The molecule has 0 fully saturated rings. The van der Waals surface area contributed by atoms with Crippen LogP contribution in [0.4, 0.5) is 13.2 Å². The summed E-state index contributed by atoms with van der Waals surface area (Å²) in [4.78, 5) is 12.0. The van der Waals surface area contributed by atoms with Gasteiger partial charge in [0.1, 0.15) is 0 Å². The van der Waals surface area contributed by atoms with E-state index in [9.17, 15) is 18.0 Å². The van der Waals surface area contributed by atoms with Crippen molar-refractivity contribution in [2.75, 3.05) is 6.54 Å². The minimum Gasteiger partial charge on any atom is -0.352 e. The lowest BCUT2D eigenvalue weighted by atomic mass is 10.2.